The Morgan fingerprint density at radius 1 is 1.21 bits per heavy atom. The molecule has 0 radical (unpaired) electrons. The van der Waals surface area contributed by atoms with E-state index in [1.807, 2.05) is 36.4 Å². The Morgan fingerprint density at radius 2 is 1.91 bits per heavy atom. The van der Waals surface area contributed by atoms with Crippen LogP contribution in [0.2, 0.25) is 0 Å². The summed E-state index contributed by atoms with van der Waals surface area (Å²) in [5, 5.41) is 4.82. The quantitative estimate of drug-likeness (QED) is 0.500. The van der Waals surface area contributed by atoms with Gasteiger partial charge in [-0.15, -0.1) is 11.6 Å². The largest absolute Gasteiger partial charge is 0.354 e. The molecular formula is C25H37ClFN5O. The lowest BCUT2D eigenvalue weighted by Gasteiger charge is -2.37. The Hall–Kier alpha value is -2.12. The fourth-order valence-electron chi connectivity index (χ4n) is 4.32. The van der Waals surface area contributed by atoms with Gasteiger partial charge in [-0.2, -0.15) is 5.10 Å². The third-order valence-electron chi connectivity index (χ3n) is 6.37. The minimum absolute atomic E-state index is 0.0407. The molecule has 2 aromatic rings. The Labute approximate surface area is 202 Å². The molecule has 0 saturated carbocycles. The lowest BCUT2D eigenvalue weighted by atomic mass is 9.94. The monoisotopic (exact) mass is 477 g/mol. The van der Waals surface area contributed by atoms with E-state index in [2.05, 4.69) is 23.6 Å². The van der Waals surface area contributed by atoms with Crippen molar-refractivity contribution in [3.05, 3.63) is 41.3 Å². The molecule has 33 heavy (non-hydrogen) atoms. The maximum atomic E-state index is 14.1. The van der Waals surface area contributed by atoms with E-state index >= 15 is 0 Å². The van der Waals surface area contributed by atoms with Crippen LogP contribution in [0.4, 0.5) is 10.2 Å². The van der Waals surface area contributed by atoms with Gasteiger partial charge in [0.1, 0.15) is 11.6 Å². The molecule has 1 fully saturated rings. The van der Waals surface area contributed by atoms with Crippen LogP contribution in [-0.4, -0.2) is 70.6 Å². The average molecular weight is 478 g/mol. The van der Waals surface area contributed by atoms with Crippen LogP contribution in [0, 0.1) is 18.2 Å². The first-order valence-corrected chi connectivity index (χ1v) is 12.4. The predicted molar refractivity (Wildman–Crippen MR) is 133 cm³/mol. The summed E-state index contributed by atoms with van der Waals surface area (Å²) in [5.41, 5.74) is 1.91. The van der Waals surface area contributed by atoms with E-state index in [-0.39, 0.29) is 17.6 Å². The molecular weight excluding hydrogens is 441 g/mol. The summed E-state index contributed by atoms with van der Waals surface area (Å²) >= 11 is 6.13. The molecule has 0 bridgehead atoms. The van der Waals surface area contributed by atoms with Crippen molar-refractivity contribution in [2.45, 2.75) is 47.6 Å². The molecule has 1 aromatic heterocycles. The molecule has 0 aliphatic carbocycles. The number of amides is 1. The van der Waals surface area contributed by atoms with Gasteiger partial charge in [0.2, 0.25) is 5.91 Å². The highest BCUT2D eigenvalue weighted by Crippen LogP contribution is 2.31. The summed E-state index contributed by atoms with van der Waals surface area (Å²) in [4.78, 5) is 20.0. The Morgan fingerprint density at radius 3 is 2.48 bits per heavy atom. The van der Waals surface area contributed by atoms with E-state index in [9.17, 15) is 9.18 Å². The van der Waals surface area contributed by atoms with E-state index in [0.29, 0.717) is 18.8 Å². The summed E-state index contributed by atoms with van der Waals surface area (Å²) in [5.74, 6) is 0.959. The fraction of sp³-hybridized carbons (Fsp3) is 0.600. The topological polar surface area (TPSA) is 44.6 Å². The molecule has 2 heterocycles. The summed E-state index contributed by atoms with van der Waals surface area (Å²) in [7, 11) is 0. The summed E-state index contributed by atoms with van der Waals surface area (Å²) in [6.07, 6.45) is 0.853. The number of piperazine rings is 1. The van der Waals surface area contributed by atoms with Crippen molar-refractivity contribution in [1.82, 2.24) is 19.6 Å². The number of benzene rings is 1. The van der Waals surface area contributed by atoms with E-state index in [1.165, 1.54) is 12.1 Å². The Balaban J connectivity index is 2.05. The normalized spacial score (nSPS) is 15.2. The van der Waals surface area contributed by atoms with Gasteiger partial charge in [0.25, 0.3) is 0 Å². The lowest BCUT2D eigenvalue weighted by Crippen LogP contribution is -2.47. The number of carbonyl (C=O) groups excluding carboxylic acids is 1. The van der Waals surface area contributed by atoms with Crippen molar-refractivity contribution in [3.63, 3.8) is 0 Å². The highest BCUT2D eigenvalue weighted by molar-refractivity contribution is 6.19. The maximum absolute atomic E-state index is 14.1. The molecule has 6 nitrogen and oxygen atoms in total. The molecule has 0 atom stereocenters. The number of rotatable bonds is 9. The first-order chi connectivity index (χ1) is 15.7. The number of hydrogen-bond donors (Lipinski definition) is 0. The van der Waals surface area contributed by atoms with Crippen molar-refractivity contribution in [3.8, 4) is 5.69 Å². The Kier molecular flexibility index (Phi) is 8.40. The number of nitrogens with zero attached hydrogens (tertiary/aromatic N) is 5. The van der Waals surface area contributed by atoms with Crippen molar-refractivity contribution in [1.29, 1.82) is 0 Å². The summed E-state index contributed by atoms with van der Waals surface area (Å²) in [6.45, 7) is 15.7. The molecule has 1 saturated heterocycles. The van der Waals surface area contributed by atoms with Gasteiger partial charge >= 0.3 is 0 Å². The van der Waals surface area contributed by atoms with E-state index in [1.54, 1.807) is 6.07 Å². The van der Waals surface area contributed by atoms with E-state index < -0.39 is 5.41 Å². The van der Waals surface area contributed by atoms with Gasteiger partial charge in [-0.3, -0.25) is 4.79 Å². The highest BCUT2D eigenvalue weighted by atomic mass is 35.5. The van der Waals surface area contributed by atoms with Crippen LogP contribution in [0.15, 0.2) is 24.3 Å². The van der Waals surface area contributed by atoms with Gasteiger partial charge in [-0.1, -0.05) is 19.9 Å². The molecule has 0 unspecified atom stereocenters. The molecule has 182 valence electrons. The average Bonchev–Trinajstić information content (AvgIpc) is 3.14. The summed E-state index contributed by atoms with van der Waals surface area (Å²) in [6, 6.07) is 6.52. The zero-order valence-corrected chi connectivity index (χ0v) is 21.3. The minimum Gasteiger partial charge on any atom is -0.354 e. The first kappa shape index (κ1) is 25.5. The van der Waals surface area contributed by atoms with Crippen LogP contribution in [-0.2, 0) is 11.3 Å². The van der Waals surface area contributed by atoms with Crippen molar-refractivity contribution < 1.29 is 9.18 Å². The number of halogens is 2. The highest BCUT2D eigenvalue weighted by Gasteiger charge is 2.33. The second kappa shape index (κ2) is 10.9. The number of carbonyl (C=O) groups is 1. The van der Waals surface area contributed by atoms with E-state index in [0.717, 1.165) is 56.2 Å². The number of likely N-dealkylation sites (N-methyl/N-ethyl adjacent to an activating group) is 1. The van der Waals surface area contributed by atoms with Crippen LogP contribution in [0.5, 0.6) is 0 Å². The molecule has 0 spiro atoms. The van der Waals surface area contributed by atoms with Crippen molar-refractivity contribution in [2.24, 2.45) is 5.41 Å². The van der Waals surface area contributed by atoms with E-state index in [4.69, 9.17) is 16.7 Å². The number of aryl methyl sites for hydroxylation is 1. The minimum atomic E-state index is -0.643. The van der Waals surface area contributed by atoms with Crippen molar-refractivity contribution >= 4 is 23.3 Å². The molecule has 1 aromatic carbocycles. The third-order valence-corrected chi connectivity index (χ3v) is 7.04. The van der Waals surface area contributed by atoms with Crippen molar-refractivity contribution in [2.75, 3.05) is 50.0 Å². The van der Waals surface area contributed by atoms with Crippen LogP contribution < -0.4 is 4.90 Å². The lowest BCUT2D eigenvalue weighted by molar-refractivity contribution is -0.139. The first-order valence-electron chi connectivity index (χ1n) is 11.9. The zero-order valence-electron chi connectivity index (χ0n) is 20.6. The Bertz CT molecular complexity index is 952. The number of alkyl halides is 1. The number of aromatic nitrogens is 2. The van der Waals surface area contributed by atoms with Crippen LogP contribution in [0.1, 0.15) is 45.4 Å². The molecule has 3 rings (SSSR count). The third kappa shape index (κ3) is 5.69. The van der Waals surface area contributed by atoms with Gasteiger partial charge in [0, 0.05) is 44.2 Å². The van der Waals surface area contributed by atoms with Crippen LogP contribution >= 0.6 is 11.6 Å². The predicted octanol–water partition coefficient (Wildman–Crippen LogP) is 4.47. The SMILES string of the molecule is CCCN(Cc1c(C)nn(-c2cccc(F)c2)c1N1CCN(CC)CC1)C(=O)C(C)(C)CCl. The van der Waals surface area contributed by atoms with Gasteiger partial charge in [-0.25, -0.2) is 9.07 Å². The van der Waals surface area contributed by atoms with Crippen LogP contribution in [0.25, 0.3) is 5.69 Å². The van der Waals surface area contributed by atoms with Gasteiger partial charge in [0.05, 0.1) is 23.3 Å². The van der Waals surface area contributed by atoms with Crippen LogP contribution in [0.3, 0.4) is 0 Å². The van der Waals surface area contributed by atoms with Gasteiger partial charge in [0.15, 0.2) is 0 Å². The number of hydrogen-bond acceptors (Lipinski definition) is 4. The maximum Gasteiger partial charge on any atom is 0.229 e. The summed E-state index contributed by atoms with van der Waals surface area (Å²) < 4.78 is 15.9. The number of anilines is 1. The van der Waals surface area contributed by atoms with Gasteiger partial charge < -0.3 is 14.7 Å². The van der Waals surface area contributed by atoms with Gasteiger partial charge in [-0.05, 0) is 51.9 Å². The molecule has 1 aliphatic heterocycles. The fourth-order valence-corrected chi connectivity index (χ4v) is 4.43. The molecule has 8 heteroatoms. The molecule has 0 N–H and O–H groups in total. The second-order valence-corrected chi connectivity index (χ2v) is 9.71. The zero-order chi connectivity index (χ0) is 24.2. The second-order valence-electron chi connectivity index (χ2n) is 9.44. The standard InChI is InChI=1S/C25H37ClFN5O/c1-6-11-31(24(33)25(4,5)18-26)17-22-19(3)28-32(21-10-8-9-20(27)16-21)23(22)30-14-12-29(7-2)13-15-30/h8-10,16H,6-7,11-15,17-18H2,1-5H3. The molecule has 1 amide bonds. The molecule has 1 aliphatic rings. The smallest absolute Gasteiger partial charge is 0.229 e.